The van der Waals surface area contributed by atoms with Crippen molar-refractivity contribution in [3.05, 3.63) is 70.7 Å². The first-order valence-corrected chi connectivity index (χ1v) is 10.7. The molecule has 2 aromatic heterocycles. The van der Waals surface area contributed by atoms with Crippen LogP contribution in [0.2, 0.25) is 0 Å². The Bertz CT molecular complexity index is 1300. The van der Waals surface area contributed by atoms with Crippen LogP contribution in [0.5, 0.6) is 0 Å². The molecule has 152 valence electrons. The molecular formula is C27H29N2O+. The Morgan fingerprint density at radius 1 is 1.03 bits per heavy atom. The summed E-state index contributed by atoms with van der Waals surface area (Å²) in [6, 6.07) is 12.8. The van der Waals surface area contributed by atoms with Crippen LogP contribution in [0, 0.1) is 19.4 Å². The van der Waals surface area contributed by atoms with Crippen LogP contribution in [0.3, 0.4) is 0 Å². The molecule has 30 heavy (non-hydrogen) atoms. The fraction of sp³-hybridized carbons (Fsp3) is 0.333. The monoisotopic (exact) mass is 397 g/mol. The predicted octanol–water partition coefficient (Wildman–Crippen LogP) is 7.26. The van der Waals surface area contributed by atoms with Crippen molar-refractivity contribution in [3.63, 3.8) is 0 Å². The second kappa shape index (κ2) is 7.61. The summed E-state index contributed by atoms with van der Waals surface area (Å²) in [6.45, 7) is 18.7. The van der Waals surface area contributed by atoms with E-state index in [1.54, 1.807) is 0 Å². The highest BCUT2D eigenvalue weighted by Gasteiger charge is 2.25. The van der Waals surface area contributed by atoms with Gasteiger partial charge < -0.3 is 4.42 Å². The van der Waals surface area contributed by atoms with Gasteiger partial charge in [-0.15, -0.1) is 0 Å². The molecule has 0 amide bonds. The fourth-order valence-electron chi connectivity index (χ4n) is 4.51. The highest BCUT2D eigenvalue weighted by atomic mass is 16.3. The third kappa shape index (κ3) is 3.17. The second-order valence-electron chi connectivity index (χ2n) is 8.97. The molecule has 0 aliphatic heterocycles. The third-order valence-corrected chi connectivity index (χ3v) is 5.86. The van der Waals surface area contributed by atoms with Gasteiger partial charge in [-0.05, 0) is 42.4 Å². The summed E-state index contributed by atoms with van der Waals surface area (Å²) in [6.07, 6.45) is 2.96. The lowest BCUT2D eigenvalue weighted by molar-refractivity contribution is -0.660. The lowest BCUT2D eigenvalue weighted by Gasteiger charge is -2.14. The van der Waals surface area contributed by atoms with Gasteiger partial charge in [0.25, 0.3) is 0 Å². The van der Waals surface area contributed by atoms with Crippen molar-refractivity contribution in [1.29, 1.82) is 0 Å². The Hall–Kier alpha value is -3.12. The summed E-state index contributed by atoms with van der Waals surface area (Å²) < 4.78 is 8.74. The molecule has 0 aliphatic carbocycles. The van der Waals surface area contributed by atoms with E-state index >= 15 is 0 Å². The second-order valence-corrected chi connectivity index (χ2v) is 8.97. The van der Waals surface area contributed by atoms with Crippen molar-refractivity contribution in [1.82, 2.24) is 0 Å². The maximum absolute atomic E-state index is 7.89. The molecule has 3 heteroatoms. The van der Waals surface area contributed by atoms with E-state index in [-0.39, 0.29) is 5.92 Å². The number of hydrogen-bond donors (Lipinski definition) is 0. The molecule has 0 N–H and O–H groups in total. The molecule has 0 saturated carbocycles. The molecule has 0 bridgehead atoms. The van der Waals surface area contributed by atoms with E-state index in [4.69, 9.17) is 11.0 Å². The Kier molecular flexibility index (Phi) is 5.12. The van der Waals surface area contributed by atoms with Gasteiger partial charge in [0, 0.05) is 28.5 Å². The predicted molar refractivity (Wildman–Crippen MR) is 124 cm³/mol. The zero-order valence-corrected chi connectivity index (χ0v) is 18.7. The first kappa shape index (κ1) is 20.2. The summed E-state index contributed by atoms with van der Waals surface area (Å²) in [5.41, 5.74) is 8.14. The van der Waals surface area contributed by atoms with Crippen LogP contribution >= 0.6 is 0 Å². The zero-order chi connectivity index (χ0) is 21.6. The summed E-state index contributed by atoms with van der Waals surface area (Å²) in [4.78, 5) is 3.96. The molecule has 0 unspecified atom stereocenters. The molecule has 0 saturated heterocycles. The number of rotatable bonds is 4. The Morgan fingerprint density at radius 3 is 2.43 bits per heavy atom. The van der Waals surface area contributed by atoms with E-state index < -0.39 is 0 Å². The van der Waals surface area contributed by atoms with Crippen LogP contribution in [0.1, 0.15) is 50.3 Å². The van der Waals surface area contributed by atoms with Gasteiger partial charge in [0.05, 0.1) is 12.1 Å². The van der Waals surface area contributed by atoms with E-state index in [1.165, 1.54) is 5.56 Å². The summed E-state index contributed by atoms with van der Waals surface area (Å²) in [5, 5.41) is 2.24. The minimum atomic E-state index is 0.210. The Morgan fingerprint density at radius 2 is 1.80 bits per heavy atom. The standard InChI is InChI=1S/C27H29N2O/c1-16(2)14-19-15-21-20-12-11-18(5)24(22-10-8-9-13-29(22)7)26(20)30-27(21)23(17(3)4)25(19)28-6/h8-13,15-17H,14H2,1-5,7H3/q+1. The number of aromatic nitrogens is 1. The highest BCUT2D eigenvalue weighted by molar-refractivity contribution is 6.12. The van der Waals surface area contributed by atoms with Gasteiger partial charge in [0.1, 0.15) is 18.2 Å². The van der Waals surface area contributed by atoms with E-state index in [2.05, 4.69) is 87.6 Å². The fourth-order valence-corrected chi connectivity index (χ4v) is 4.51. The molecule has 0 fully saturated rings. The Labute approximate surface area is 178 Å². The maximum atomic E-state index is 7.89. The van der Waals surface area contributed by atoms with Gasteiger partial charge in [0.2, 0.25) is 5.69 Å². The average Bonchev–Trinajstić information content (AvgIpc) is 3.05. The van der Waals surface area contributed by atoms with E-state index in [0.29, 0.717) is 5.92 Å². The van der Waals surface area contributed by atoms with Gasteiger partial charge in [-0.1, -0.05) is 45.9 Å². The quantitative estimate of drug-likeness (QED) is 0.262. The summed E-state index contributed by atoms with van der Waals surface area (Å²) in [5.74, 6) is 0.698. The number of benzene rings is 2. The number of pyridine rings is 1. The maximum Gasteiger partial charge on any atom is 0.216 e. The van der Waals surface area contributed by atoms with Crippen LogP contribution in [0.25, 0.3) is 38.0 Å². The lowest BCUT2D eigenvalue weighted by atomic mass is 9.91. The van der Waals surface area contributed by atoms with Crippen molar-refractivity contribution in [2.75, 3.05) is 0 Å². The van der Waals surface area contributed by atoms with E-state index in [1.807, 2.05) is 6.07 Å². The smallest absolute Gasteiger partial charge is 0.216 e. The first-order chi connectivity index (χ1) is 14.3. The third-order valence-electron chi connectivity index (χ3n) is 5.86. The van der Waals surface area contributed by atoms with Crippen LogP contribution < -0.4 is 4.57 Å². The minimum Gasteiger partial charge on any atom is -0.456 e. The molecular weight excluding hydrogens is 368 g/mol. The molecule has 3 nitrogen and oxygen atoms in total. The molecule has 0 atom stereocenters. The van der Waals surface area contributed by atoms with Gasteiger partial charge in [-0.25, -0.2) is 9.41 Å². The van der Waals surface area contributed by atoms with Crippen LogP contribution in [-0.4, -0.2) is 0 Å². The number of furan rings is 1. The molecule has 0 aliphatic rings. The molecule has 0 radical (unpaired) electrons. The SMILES string of the molecule is [C-]#[N+]c1c(CC(C)C)cc2c(oc3c(-c4cccc[n+]4C)c(C)ccc32)c1C(C)C. The van der Waals surface area contributed by atoms with Crippen molar-refractivity contribution >= 4 is 27.6 Å². The van der Waals surface area contributed by atoms with Crippen molar-refractivity contribution in [2.45, 2.75) is 47.0 Å². The van der Waals surface area contributed by atoms with Crippen LogP contribution in [0.4, 0.5) is 5.69 Å². The summed E-state index contributed by atoms with van der Waals surface area (Å²) in [7, 11) is 2.06. The minimum absolute atomic E-state index is 0.210. The zero-order valence-electron chi connectivity index (χ0n) is 18.7. The normalized spacial score (nSPS) is 11.7. The van der Waals surface area contributed by atoms with Crippen LogP contribution in [-0.2, 0) is 13.5 Å². The largest absolute Gasteiger partial charge is 0.456 e. The molecule has 2 aromatic carbocycles. The molecule has 4 aromatic rings. The van der Waals surface area contributed by atoms with Crippen molar-refractivity contribution < 1.29 is 8.98 Å². The lowest BCUT2D eigenvalue weighted by Crippen LogP contribution is -2.30. The molecule has 4 rings (SSSR count). The highest BCUT2D eigenvalue weighted by Crippen LogP contribution is 2.44. The number of nitrogens with zero attached hydrogens (tertiary/aromatic N) is 2. The number of hydrogen-bond acceptors (Lipinski definition) is 1. The first-order valence-electron chi connectivity index (χ1n) is 10.7. The van der Waals surface area contributed by atoms with Gasteiger partial charge >= 0.3 is 0 Å². The van der Waals surface area contributed by atoms with E-state index in [9.17, 15) is 0 Å². The van der Waals surface area contributed by atoms with Crippen molar-refractivity contribution in [3.8, 4) is 11.3 Å². The van der Waals surface area contributed by atoms with Crippen LogP contribution in [0.15, 0.2) is 47.0 Å². The topological polar surface area (TPSA) is 21.4 Å². The van der Waals surface area contributed by atoms with Gasteiger partial charge in [0.15, 0.2) is 11.9 Å². The number of aryl methyl sites for hydroxylation is 2. The van der Waals surface area contributed by atoms with Gasteiger partial charge in [-0.3, -0.25) is 0 Å². The molecule has 0 spiro atoms. The van der Waals surface area contributed by atoms with E-state index in [0.717, 1.165) is 56.4 Å². The van der Waals surface area contributed by atoms with Crippen molar-refractivity contribution in [2.24, 2.45) is 13.0 Å². The Balaban J connectivity index is 2.17. The number of fused-ring (bicyclic) bond motifs is 3. The molecule has 2 heterocycles. The average molecular weight is 398 g/mol. The summed E-state index contributed by atoms with van der Waals surface area (Å²) >= 11 is 0. The van der Waals surface area contributed by atoms with Gasteiger partial charge in [-0.2, -0.15) is 0 Å².